The molecule has 1 saturated heterocycles. The first kappa shape index (κ1) is 21.1. The molecule has 1 aliphatic heterocycles. The van der Waals surface area contributed by atoms with Crippen LogP contribution in [0.15, 0.2) is 28.2 Å². The predicted molar refractivity (Wildman–Crippen MR) is 110 cm³/mol. The molecular formula is C19H25N5O4S. The number of rotatable bonds is 8. The van der Waals surface area contributed by atoms with Crippen LogP contribution in [-0.4, -0.2) is 51.6 Å². The minimum Gasteiger partial charge on any atom is -0.376 e. The average Bonchev–Trinajstić information content (AvgIpc) is 3.32. The van der Waals surface area contributed by atoms with Crippen LogP contribution in [0.2, 0.25) is 0 Å². The highest BCUT2D eigenvalue weighted by Crippen LogP contribution is 2.19. The van der Waals surface area contributed by atoms with E-state index in [0.29, 0.717) is 18.3 Å². The highest BCUT2D eigenvalue weighted by Gasteiger charge is 2.20. The van der Waals surface area contributed by atoms with Crippen molar-refractivity contribution in [1.82, 2.24) is 20.1 Å². The number of H-pyrrole nitrogens is 1. The summed E-state index contributed by atoms with van der Waals surface area (Å²) >= 11 is 1.14. The van der Waals surface area contributed by atoms with Gasteiger partial charge in [-0.05, 0) is 37.8 Å². The Hall–Kier alpha value is -2.59. The van der Waals surface area contributed by atoms with Crippen LogP contribution in [0.4, 0.5) is 5.69 Å². The van der Waals surface area contributed by atoms with E-state index in [1.165, 1.54) is 4.57 Å². The Bertz CT molecular complexity index is 913. The number of carbonyl (C=O) groups is 2. The van der Waals surface area contributed by atoms with Crippen molar-refractivity contribution >= 4 is 29.3 Å². The van der Waals surface area contributed by atoms with Crippen LogP contribution in [0.3, 0.4) is 0 Å². The summed E-state index contributed by atoms with van der Waals surface area (Å²) in [6.45, 7) is 4.82. The number of carbonyl (C=O) groups excluding carboxylic acids is 2. The van der Waals surface area contributed by atoms with E-state index in [2.05, 4.69) is 20.8 Å². The molecule has 0 aliphatic carbocycles. The molecule has 0 radical (unpaired) electrons. The molecule has 1 atom stereocenters. The standard InChI is InChI=1S/C19H25N5O4S/c1-12-5-3-6-13(2)17(12)21-15(25)9-20-16(26)11-29-19-23-22-18(27)24(19)10-14-7-4-8-28-14/h3,5-6,14H,4,7-11H2,1-2H3,(H,20,26)(H,21,25)(H,22,27)/t14-/m1/s1. The third kappa shape index (κ3) is 5.70. The van der Waals surface area contributed by atoms with Crippen LogP contribution in [0.1, 0.15) is 24.0 Å². The van der Waals surface area contributed by atoms with Crippen molar-refractivity contribution in [3.8, 4) is 0 Å². The lowest BCUT2D eigenvalue weighted by molar-refractivity contribution is -0.122. The molecule has 9 nitrogen and oxygen atoms in total. The first-order valence-corrected chi connectivity index (χ1v) is 10.4. The van der Waals surface area contributed by atoms with Crippen LogP contribution in [-0.2, 0) is 20.9 Å². The van der Waals surface area contributed by atoms with E-state index < -0.39 is 0 Å². The maximum atomic E-state index is 12.1. The number of aromatic nitrogens is 3. The van der Waals surface area contributed by atoms with Crippen molar-refractivity contribution in [3.05, 3.63) is 39.8 Å². The number of aromatic amines is 1. The molecular weight excluding hydrogens is 394 g/mol. The second kappa shape index (κ2) is 9.75. The molecule has 29 heavy (non-hydrogen) atoms. The Morgan fingerprint density at radius 2 is 2.07 bits per heavy atom. The average molecular weight is 420 g/mol. The lowest BCUT2D eigenvalue weighted by Crippen LogP contribution is -2.34. The van der Waals surface area contributed by atoms with Gasteiger partial charge in [-0.15, -0.1) is 5.10 Å². The van der Waals surface area contributed by atoms with Gasteiger partial charge in [0.1, 0.15) is 0 Å². The van der Waals surface area contributed by atoms with Crippen molar-refractivity contribution < 1.29 is 14.3 Å². The van der Waals surface area contributed by atoms with Gasteiger partial charge in [0, 0.05) is 12.3 Å². The largest absolute Gasteiger partial charge is 0.376 e. The van der Waals surface area contributed by atoms with Crippen LogP contribution >= 0.6 is 11.8 Å². The predicted octanol–water partition coefficient (Wildman–Crippen LogP) is 1.21. The Kier molecular flexibility index (Phi) is 7.10. The van der Waals surface area contributed by atoms with E-state index in [9.17, 15) is 14.4 Å². The summed E-state index contributed by atoms with van der Waals surface area (Å²) in [7, 11) is 0. The van der Waals surface area contributed by atoms with Crippen molar-refractivity contribution in [2.75, 3.05) is 24.2 Å². The zero-order valence-corrected chi connectivity index (χ0v) is 17.3. The first-order chi connectivity index (χ1) is 13.9. The number of thioether (sulfide) groups is 1. The maximum absolute atomic E-state index is 12.1. The van der Waals surface area contributed by atoms with Gasteiger partial charge in [-0.2, -0.15) is 0 Å². The quantitative estimate of drug-likeness (QED) is 0.554. The second-order valence-corrected chi connectivity index (χ2v) is 7.88. The number of para-hydroxylation sites is 1. The molecule has 0 spiro atoms. The number of amides is 2. The van der Waals surface area contributed by atoms with Gasteiger partial charge in [0.15, 0.2) is 5.16 Å². The zero-order valence-electron chi connectivity index (χ0n) is 16.5. The molecule has 10 heteroatoms. The van der Waals surface area contributed by atoms with Crippen LogP contribution in [0.25, 0.3) is 0 Å². The Labute approximate surface area is 172 Å². The van der Waals surface area contributed by atoms with Gasteiger partial charge in [-0.25, -0.2) is 9.89 Å². The third-order valence-corrected chi connectivity index (χ3v) is 5.63. The fraction of sp³-hybridized carbons (Fsp3) is 0.474. The summed E-state index contributed by atoms with van der Waals surface area (Å²) in [5.74, 6) is -0.562. The number of hydrogen-bond donors (Lipinski definition) is 3. The van der Waals surface area contributed by atoms with E-state index >= 15 is 0 Å². The van der Waals surface area contributed by atoms with Gasteiger partial charge < -0.3 is 15.4 Å². The number of anilines is 1. The molecule has 3 rings (SSSR count). The van der Waals surface area contributed by atoms with Gasteiger partial charge in [-0.3, -0.25) is 14.2 Å². The number of nitrogens with zero attached hydrogens (tertiary/aromatic N) is 2. The Morgan fingerprint density at radius 3 is 2.76 bits per heavy atom. The third-order valence-electron chi connectivity index (χ3n) is 4.66. The fourth-order valence-electron chi connectivity index (χ4n) is 3.12. The van der Waals surface area contributed by atoms with Crippen molar-refractivity contribution in [2.45, 2.75) is 44.5 Å². The molecule has 1 aromatic heterocycles. The highest BCUT2D eigenvalue weighted by atomic mass is 32.2. The molecule has 1 fully saturated rings. The van der Waals surface area contributed by atoms with Gasteiger partial charge in [0.2, 0.25) is 11.8 Å². The van der Waals surface area contributed by atoms with Gasteiger partial charge in [-0.1, -0.05) is 30.0 Å². The minimum absolute atomic E-state index is 0.00734. The first-order valence-electron chi connectivity index (χ1n) is 9.46. The van der Waals surface area contributed by atoms with Gasteiger partial charge >= 0.3 is 5.69 Å². The molecule has 1 aliphatic rings. The topological polar surface area (TPSA) is 118 Å². The van der Waals surface area contributed by atoms with E-state index in [0.717, 1.165) is 41.4 Å². The molecule has 156 valence electrons. The Balaban J connectivity index is 1.47. The lowest BCUT2D eigenvalue weighted by Gasteiger charge is -2.12. The zero-order chi connectivity index (χ0) is 20.8. The van der Waals surface area contributed by atoms with Gasteiger partial charge in [0.05, 0.1) is 24.9 Å². The van der Waals surface area contributed by atoms with Crippen LogP contribution in [0, 0.1) is 13.8 Å². The van der Waals surface area contributed by atoms with Crippen molar-refractivity contribution in [1.29, 1.82) is 0 Å². The smallest absolute Gasteiger partial charge is 0.344 e. The van der Waals surface area contributed by atoms with Crippen molar-refractivity contribution in [3.63, 3.8) is 0 Å². The maximum Gasteiger partial charge on any atom is 0.344 e. The summed E-state index contributed by atoms with van der Waals surface area (Å²) in [4.78, 5) is 36.2. The fourth-order valence-corrected chi connectivity index (χ4v) is 3.91. The van der Waals surface area contributed by atoms with Gasteiger partial charge in [0.25, 0.3) is 0 Å². The lowest BCUT2D eigenvalue weighted by atomic mass is 10.1. The molecule has 0 saturated carbocycles. The summed E-state index contributed by atoms with van der Waals surface area (Å²) in [6, 6.07) is 5.75. The summed E-state index contributed by atoms with van der Waals surface area (Å²) in [6.07, 6.45) is 1.87. The number of hydrogen-bond acceptors (Lipinski definition) is 6. The molecule has 0 bridgehead atoms. The molecule has 2 aromatic rings. The van der Waals surface area contributed by atoms with Crippen LogP contribution < -0.4 is 16.3 Å². The number of aryl methyl sites for hydroxylation is 2. The molecule has 1 aromatic carbocycles. The van der Waals surface area contributed by atoms with Crippen molar-refractivity contribution in [2.24, 2.45) is 0 Å². The molecule has 0 unspecified atom stereocenters. The summed E-state index contributed by atoms with van der Waals surface area (Å²) < 4.78 is 7.05. The Morgan fingerprint density at radius 1 is 1.31 bits per heavy atom. The van der Waals surface area contributed by atoms with Crippen LogP contribution in [0.5, 0.6) is 0 Å². The molecule has 3 N–H and O–H groups in total. The second-order valence-electron chi connectivity index (χ2n) is 6.94. The molecule has 2 amide bonds. The van der Waals surface area contributed by atoms with E-state index in [1.807, 2.05) is 32.0 Å². The minimum atomic E-state index is -0.323. The number of nitrogens with one attached hydrogen (secondary N) is 3. The summed E-state index contributed by atoms with van der Waals surface area (Å²) in [5, 5.41) is 12.2. The monoisotopic (exact) mass is 419 g/mol. The highest BCUT2D eigenvalue weighted by molar-refractivity contribution is 7.99. The van der Waals surface area contributed by atoms with E-state index in [4.69, 9.17) is 4.74 Å². The van der Waals surface area contributed by atoms with E-state index in [1.54, 1.807) is 0 Å². The normalized spacial score (nSPS) is 16.0. The van der Waals surface area contributed by atoms with E-state index in [-0.39, 0.29) is 35.9 Å². The summed E-state index contributed by atoms with van der Waals surface area (Å²) in [5.41, 5.74) is 2.36. The molecule has 2 heterocycles. The SMILES string of the molecule is Cc1cccc(C)c1NC(=O)CNC(=O)CSc1n[nH]c(=O)n1C[C@H]1CCCO1. The number of ether oxygens (including phenoxy) is 1. The number of benzene rings is 1.